The van der Waals surface area contributed by atoms with E-state index < -0.39 is 5.82 Å². The van der Waals surface area contributed by atoms with Crippen LogP contribution in [-0.4, -0.2) is 61.8 Å². The van der Waals surface area contributed by atoms with Gasteiger partial charge in [-0.3, -0.25) is 9.78 Å². The summed E-state index contributed by atoms with van der Waals surface area (Å²) in [7, 11) is 1.57. The first-order valence-electron chi connectivity index (χ1n) is 14.5. The molecule has 0 spiro atoms. The summed E-state index contributed by atoms with van der Waals surface area (Å²) in [6.45, 7) is 6.77. The molecule has 3 fully saturated rings. The van der Waals surface area contributed by atoms with Gasteiger partial charge in [0, 0.05) is 60.4 Å². The Morgan fingerprint density at radius 2 is 1.91 bits per heavy atom. The molecule has 11 nitrogen and oxygen atoms in total. The summed E-state index contributed by atoms with van der Waals surface area (Å²) in [5.41, 5.74) is 2.50. The van der Waals surface area contributed by atoms with E-state index in [0.717, 1.165) is 17.8 Å². The smallest absolute Gasteiger partial charge is 0.245 e. The van der Waals surface area contributed by atoms with Crippen LogP contribution in [0.2, 0.25) is 0 Å². The molecule has 1 aliphatic carbocycles. The van der Waals surface area contributed by atoms with Gasteiger partial charge in [-0.2, -0.15) is 0 Å². The van der Waals surface area contributed by atoms with Crippen molar-refractivity contribution in [2.45, 2.75) is 19.4 Å². The van der Waals surface area contributed by atoms with Gasteiger partial charge in [-0.1, -0.05) is 6.58 Å². The van der Waals surface area contributed by atoms with Crippen LogP contribution >= 0.6 is 0 Å². The molecule has 228 valence electrons. The normalized spacial score (nSPS) is 18.6. The van der Waals surface area contributed by atoms with E-state index in [1.54, 1.807) is 48.5 Å². The van der Waals surface area contributed by atoms with E-state index in [2.05, 4.69) is 31.9 Å². The van der Waals surface area contributed by atoms with Crippen molar-refractivity contribution in [1.82, 2.24) is 29.6 Å². The van der Waals surface area contributed by atoms with Crippen molar-refractivity contribution in [3.63, 3.8) is 0 Å². The predicted octanol–water partition coefficient (Wildman–Crippen LogP) is 5.61. The topological polar surface area (TPSA) is 117 Å². The molecule has 1 amide bonds. The number of fused-ring (bicyclic) bond motifs is 3. The molecule has 12 heteroatoms. The van der Waals surface area contributed by atoms with Crippen LogP contribution in [0.1, 0.15) is 12.1 Å². The van der Waals surface area contributed by atoms with Crippen LogP contribution in [0.3, 0.4) is 0 Å². The highest BCUT2D eigenvalue weighted by Gasteiger charge is 2.49. The zero-order valence-electron chi connectivity index (χ0n) is 24.7. The van der Waals surface area contributed by atoms with Crippen LogP contribution in [0.4, 0.5) is 15.9 Å². The van der Waals surface area contributed by atoms with Gasteiger partial charge in [0.25, 0.3) is 0 Å². The second-order valence-electron chi connectivity index (χ2n) is 11.2. The Balaban J connectivity index is 1.09. The van der Waals surface area contributed by atoms with E-state index in [1.165, 1.54) is 18.5 Å². The lowest BCUT2D eigenvalue weighted by atomic mass is 9.68. The summed E-state index contributed by atoms with van der Waals surface area (Å²) in [6, 6.07) is 13.6. The average Bonchev–Trinajstić information content (AvgIpc) is 3.52. The van der Waals surface area contributed by atoms with Gasteiger partial charge in [-0.25, -0.2) is 19.0 Å². The number of ether oxygens (including phenoxy) is 3. The third-order valence-corrected chi connectivity index (χ3v) is 8.26. The molecule has 3 aromatic heterocycles. The maximum absolute atomic E-state index is 15.3. The Kier molecular flexibility index (Phi) is 7.24. The third kappa shape index (κ3) is 5.50. The van der Waals surface area contributed by atoms with Crippen LogP contribution in [0.25, 0.3) is 16.6 Å². The lowest BCUT2D eigenvalue weighted by Gasteiger charge is -2.52. The Morgan fingerprint density at radius 3 is 2.64 bits per heavy atom. The number of hydrogen-bond acceptors (Lipinski definition) is 9. The standard InChI is InChI=1S/C33H30FN7O4/c1-4-31(42)40-16-20-11-21(17-40)32(20)45-29-13-24-27(14-28(29)43-3)36-18-37-33(24)38-26-8-7-23(12-25(26)34)44-30-9-10-41(39-30)22-6-5-19(2)35-15-22/h4-10,12-15,18,20-21,32H,1,11,16-17H2,2-3H3,(H,36,37,38). The quantitative estimate of drug-likeness (QED) is 0.213. The second-order valence-corrected chi connectivity index (χ2v) is 11.2. The van der Waals surface area contributed by atoms with Gasteiger partial charge in [-0.05, 0) is 49.8 Å². The number of nitrogens with one attached hydrogen (secondary N) is 1. The zero-order valence-corrected chi connectivity index (χ0v) is 24.7. The van der Waals surface area contributed by atoms with Gasteiger partial charge >= 0.3 is 0 Å². The van der Waals surface area contributed by atoms with Crippen LogP contribution in [0, 0.1) is 24.6 Å². The molecule has 2 aliphatic heterocycles. The Hall–Kier alpha value is -5.52. The van der Waals surface area contributed by atoms with Gasteiger partial charge in [0.2, 0.25) is 11.8 Å². The number of pyridine rings is 1. The Morgan fingerprint density at radius 1 is 1.07 bits per heavy atom. The number of nitrogens with zero attached hydrogens (tertiary/aromatic N) is 6. The van der Waals surface area contributed by atoms with Gasteiger partial charge < -0.3 is 24.4 Å². The van der Waals surface area contributed by atoms with E-state index in [-0.39, 0.29) is 35.3 Å². The van der Waals surface area contributed by atoms with Crippen LogP contribution in [0.5, 0.6) is 23.1 Å². The van der Waals surface area contributed by atoms with E-state index in [4.69, 9.17) is 14.2 Å². The summed E-state index contributed by atoms with van der Waals surface area (Å²) >= 11 is 0. The zero-order chi connectivity index (χ0) is 31.1. The van der Waals surface area contributed by atoms with Gasteiger partial charge in [0.1, 0.15) is 29.8 Å². The SMILES string of the molecule is C=CC(=O)N1CC2CC(C1)C2Oc1cc2c(Nc3ccc(Oc4ccn(-c5ccc(C)nc5)n4)cc3F)ncnc2cc1OC. The molecule has 2 aromatic carbocycles. The minimum absolute atomic E-state index is 0.0452. The monoisotopic (exact) mass is 607 g/mol. The highest BCUT2D eigenvalue weighted by atomic mass is 19.1. The number of methoxy groups -OCH3 is 1. The number of amides is 1. The average molecular weight is 608 g/mol. The van der Waals surface area contributed by atoms with Crippen LogP contribution in [0.15, 0.2) is 79.9 Å². The van der Waals surface area contributed by atoms with Gasteiger partial charge in [0.05, 0.1) is 30.2 Å². The Bertz CT molecular complexity index is 1900. The van der Waals surface area contributed by atoms with Crippen molar-refractivity contribution in [2.75, 3.05) is 25.5 Å². The highest BCUT2D eigenvalue weighted by molar-refractivity contribution is 5.93. The molecule has 2 bridgehead atoms. The molecular formula is C33H30FN7O4. The van der Waals surface area contributed by atoms with Crippen molar-refractivity contribution in [2.24, 2.45) is 11.8 Å². The number of carbonyl (C=O) groups is 1. The van der Waals surface area contributed by atoms with Gasteiger partial charge in [-0.15, -0.1) is 5.10 Å². The first-order chi connectivity index (χ1) is 21.9. The van der Waals surface area contributed by atoms with Crippen molar-refractivity contribution in [3.8, 4) is 28.8 Å². The molecule has 2 atom stereocenters. The fourth-order valence-electron chi connectivity index (χ4n) is 5.92. The summed E-state index contributed by atoms with van der Waals surface area (Å²) < 4.78 is 34.9. The molecule has 1 saturated carbocycles. The minimum atomic E-state index is -0.535. The lowest BCUT2D eigenvalue weighted by Crippen LogP contribution is -2.61. The van der Waals surface area contributed by atoms with E-state index >= 15 is 4.39 Å². The van der Waals surface area contributed by atoms with E-state index in [9.17, 15) is 4.79 Å². The summed E-state index contributed by atoms with van der Waals surface area (Å²) in [4.78, 5) is 27.0. The fraction of sp³-hybridized carbons (Fsp3) is 0.242. The maximum atomic E-state index is 15.3. The number of halogens is 1. The third-order valence-electron chi connectivity index (χ3n) is 8.26. The predicted molar refractivity (Wildman–Crippen MR) is 165 cm³/mol. The minimum Gasteiger partial charge on any atom is -0.493 e. The number of aryl methyl sites for hydroxylation is 1. The first-order valence-corrected chi connectivity index (χ1v) is 14.5. The van der Waals surface area contributed by atoms with Crippen molar-refractivity contribution in [1.29, 1.82) is 0 Å². The van der Waals surface area contributed by atoms with Crippen LogP contribution in [-0.2, 0) is 4.79 Å². The molecule has 45 heavy (non-hydrogen) atoms. The number of anilines is 2. The lowest BCUT2D eigenvalue weighted by molar-refractivity contribution is -0.142. The molecule has 1 N–H and O–H groups in total. The van der Waals surface area contributed by atoms with Crippen molar-refractivity contribution < 1.29 is 23.4 Å². The molecule has 5 aromatic rings. The highest BCUT2D eigenvalue weighted by Crippen LogP contribution is 2.45. The van der Waals surface area contributed by atoms with Crippen molar-refractivity contribution >= 4 is 28.3 Å². The number of benzene rings is 2. The number of rotatable bonds is 9. The summed E-state index contributed by atoms with van der Waals surface area (Å²) in [6.07, 6.45) is 7.18. The van der Waals surface area contributed by atoms with Crippen molar-refractivity contribution in [3.05, 3.63) is 91.4 Å². The first kappa shape index (κ1) is 28.3. The summed E-state index contributed by atoms with van der Waals surface area (Å²) in [5, 5.41) is 8.13. The molecular weight excluding hydrogens is 577 g/mol. The molecule has 5 heterocycles. The fourth-order valence-corrected chi connectivity index (χ4v) is 5.92. The molecule has 8 rings (SSSR count). The van der Waals surface area contributed by atoms with E-state index in [0.29, 0.717) is 47.2 Å². The number of carbonyl (C=O) groups excluding carboxylic acids is 1. The van der Waals surface area contributed by atoms with E-state index in [1.807, 2.05) is 30.0 Å². The summed E-state index contributed by atoms with van der Waals surface area (Å²) in [5.74, 6) is 1.93. The maximum Gasteiger partial charge on any atom is 0.245 e. The molecule has 2 unspecified atom stereocenters. The van der Waals surface area contributed by atoms with Crippen LogP contribution < -0.4 is 19.5 Å². The molecule has 3 aliphatic rings. The van der Waals surface area contributed by atoms with Gasteiger partial charge in [0.15, 0.2) is 11.5 Å². The molecule has 0 radical (unpaired) electrons. The number of aromatic nitrogens is 5. The largest absolute Gasteiger partial charge is 0.493 e. The molecule has 2 saturated heterocycles. The number of piperidine rings is 2. The second kappa shape index (κ2) is 11.5. The Labute approximate surface area is 258 Å². The number of hydrogen-bond donors (Lipinski definition) is 1.